The summed E-state index contributed by atoms with van der Waals surface area (Å²) in [7, 11) is -7.68. The first-order chi connectivity index (χ1) is 13.3. The van der Waals surface area contributed by atoms with Crippen LogP contribution >= 0.6 is 0 Å². The summed E-state index contributed by atoms with van der Waals surface area (Å²) in [5, 5.41) is 8.86. The molecule has 0 spiro atoms. The van der Waals surface area contributed by atoms with E-state index in [1.807, 2.05) is 0 Å². The first-order valence-corrected chi connectivity index (χ1v) is 11.3. The Morgan fingerprint density at radius 3 is 1.86 bits per heavy atom. The van der Waals surface area contributed by atoms with Crippen molar-refractivity contribution < 1.29 is 26.8 Å². The van der Waals surface area contributed by atoms with Gasteiger partial charge in [0.05, 0.1) is 9.79 Å². The van der Waals surface area contributed by atoms with Gasteiger partial charge in [0.15, 0.2) is 0 Å². The van der Waals surface area contributed by atoms with E-state index in [9.17, 15) is 21.6 Å². The summed E-state index contributed by atoms with van der Waals surface area (Å²) in [6.45, 7) is -0.0144. The molecule has 2 aromatic rings. The van der Waals surface area contributed by atoms with E-state index in [-0.39, 0.29) is 29.2 Å². The fraction of sp³-hybridized carbons (Fsp3) is 0.235. The molecule has 0 heterocycles. The van der Waals surface area contributed by atoms with Gasteiger partial charge >= 0.3 is 0 Å². The molecular formula is C17H21N3O6S2. The van der Waals surface area contributed by atoms with E-state index in [1.54, 1.807) is 24.3 Å². The van der Waals surface area contributed by atoms with Crippen molar-refractivity contribution in [2.45, 2.75) is 28.7 Å². The second-order valence-electron chi connectivity index (χ2n) is 5.82. The molecule has 152 valence electrons. The minimum absolute atomic E-state index is 0.0144. The van der Waals surface area contributed by atoms with Crippen molar-refractivity contribution in [3.8, 4) is 0 Å². The van der Waals surface area contributed by atoms with E-state index in [4.69, 9.17) is 5.21 Å². The van der Waals surface area contributed by atoms with Crippen LogP contribution < -0.4 is 14.9 Å². The van der Waals surface area contributed by atoms with E-state index < -0.39 is 32.0 Å². The van der Waals surface area contributed by atoms with E-state index in [0.29, 0.717) is 0 Å². The normalized spacial score (nSPS) is 13.0. The molecule has 1 atom stereocenters. The molecule has 1 amide bonds. The van der Waals surface area contributed by atoms with Crippen molar-refractivity contribution in [2.24, 2.45) is 0 Å². The average molecular weight is 428 g/mol. The number of hydrogen-bond donors (Lipinski definition) is 4. The minimum Gasteiger partial charge on any atom is -0.289 e. The molecule has 0 bridgehead atoms. The third kappa shape index (κ3) is 6.11. The Bertz CT molecular complexity index is 980. The molecule has 11 heteroatoms. The maximum absolute atomic E-state index is 12.4. The second kappa shape index (κ2) is 9.75. The highest BCUT2D eigenvalue weighted by atomic mass is 32.2. The van der Waals surface area contributed by atoms with E-state index in [1.165, 1.54) is 41.9 Å². The fourth-order valence-corrected chi connectivity index (χ4v) is 4.72. The molecule has 0 aliphatic heterocycles. The quantitative estimate of drug-likeness (QED) is 0.248. The lowest BCUT2D eigenvalue weighted by Gasteiger charge is -2.17. The minimum atomic E-state index is -3.98. The Kier molecular flexibility index (Phi) is 7.66. The molecule has 9 nitrogen and oxygen atoms in total. The molecule has 0 radical (unpaired) electrons. The number of amides is 1. The van der Waals surface area contributed by atoms with Gasteiger partial charge in [0, 0.05) is 6.54 Å². The summed E-state index contributed by atoms with van der Waals surface area (Å²) in [6, 6.07) is 13.9. The Morgan fingerprint density at radius 2 is 1.36 bits per heavy atom. The Balaban J connectivity index is 1.97. The van der Waals surface area contributed by atoms with E-state index in [0.717, 1.165) is 0 Å². The maximum atomic E-state index is 12.4. The van der Waals surface area contributed by atoms with Crippen molar-refractivity contribution >= 4 is 26.0 Å². The van der Waals surface area contributed by atoms with Crippen LogP contribution in [0.15, 0.2) is 70.5 Å². The van der Waals surface area contributed by atoms with E-state index >= 15 is 0 Å². The molecule has 2 aromatic carbocycles. The van der Waals surface area contributed by atoms with Gasteiger partial charge < -0.3 is 0 Å². The highest BCUT2D eigenvalue weighted by Crippen LogP contribution is 2.11. The van der Waals surface area contributed by atoms with Crippen molar-refractivity contribution in [3.05, 3.63) is 60.7 Å². The number of hydrogen-bond acceptors (Lipinski definition) is 6. The number of carbonyl (C=O) groups is 1. The van der Waals surface area contributed by atoms with Gasteiger partial charge in [-0.2, -0.15) is 4.72 Å². The van der Waals surface area contributed by atoms with Crippen LogP contribution in [0.1, 0.15) is 12.8 Å². The molecule has 0 aliphatic rings. The highest BCUT2D eigenvalue weighted by Gasteiger charge is 2.25. The summed E-state index contributed by atoms with van der Waals surface area (Å²) in [5.74, 6) is -0.939. The van der Waals surface area contributed by atoms with Crippen LogP contribution in [0.4, 0.5) is 0 Å². The van der Waals surface area contributed by atoms with Crippen LogP contribution in [0.2, 0.25) is 0 Å². The van der Waals surface area contributed by atoms with Crippen LogP contribution in [-0.2, 0) is 24.8 Å². The van der Waals surface area contributed by atoms with Gasteiger partial charge in [-0.25, -0.2) is 27.0 Å². The number of benzene rings is 2. The summed E-state index contributed by atoms with van der Waals surface area (Å²) < 4.78 is 53.6. The Hall–Kier alpha value is -2.31. The third-order valence-corrected chi connectivity index (χ3v) is 6.76. The van der Waals surface area contributed by atoms with Gasteiger partial charge in [-0.15, -0.1) is 0 Å². The molecule has 0 aromatic heterocycles. The number of hydroxylamine groups is 1. The van der Waals surface area contributed by atoms with Gasteiger partial charge in [0.25, 0.3) is 5.91 Å². The smallest absolute Gasteiger partial charge is 0.261 e. The van der Waals surface area contributed by atoms with Gasteiger partial charge in [0.1, 0.15) is 6.04 Å². The maximum Gasteiger partial charge on any atom is 0.261 e. The van der Waals surface area contributed by atoms with Crippen LogP contribution in [-0.4, -0.2) is 40.5 Å². The largest absolute Gasteiger partial charge is 0.289 e. The lowest BCUT2D eigenvalue weighted by Crippen LogP contribution is -2.46. The first kappa shape index (κ1) is 22.0. The number of nitrogens with one attached hydrogen (secondary N) is 3. The fourth-order valence-electron chi connectivity index (χ4n) is 2.37. The van der Waals surface area contributed by atoms with Crippen molar-refractivity contribution in [3.63, 3.8) is 0 Å². The topological polar surface area (TPSA) is 142 Å². The third-order valence-electron chi connectivity index (χ3n) is 3.79. The van der Waals surface area contributed by atoms with Crippen molar-refractivity contribution in [2.75, 3.05) is 6.54 Å². The Labute approximate surface area is 163 Å². The number of sulfonamides is 2. The average Bonchev–Trinajstić information content (AvgIpc) is 2.71. The zero-order valence-corrected chi connectivity index (χ0v) is 16.4. The molecule has 4 N–H and O–H groups in total. The molecule has 0 saturated heterocycles. The lowest BCUT2D eigenvalue weighted by atomic mass is 10.1. The first-order valence-electron chi connectivity index (χ1n) is 8.32. The van der Waals surface area contributed by atoms with Crippen molar-refractivity contribution in [1.82, 2.24) is 14.9 Å². The number of rotatable bonds is 10. The summed E-state index contributed by atoms with van der Waals surface area (Å²) in [6.07, 6.45) is 0.122. The zero-order valence-electron chi connectivity index (χ0n) is 14.8. The predicted octanol–water partition coefficient (Wildman–Crippen LogP) is 0.598. The SMILES string of the molecule is O=C(NO)[C@H](CCCNS(=O)(=O)c1ccccc1)NS(=O)(=O)c1ccccc1. The standard InChI is InChI=1S/C17H21N3O6S2/c21-17(19-22)16(20-28(25,26)15-10-5-2-6-11-15)12-7-13-18-27(23,24)14-8-3-1-4-9-14/h1-6,8-11,16,18,20,22H,7,12-13H2,(H,19,21)/t16-/m0/s1. The lowest BCUT2D eigenvalue weighted by molar-refractivity contribution is -0.131. The zero-order chi connectivity index (χ0) is 20.6. The van der Waals surface area contributed by atoms with Crippen LogP contribution in [0.3, 0.4) is 0 Å². The van der Waals surface area contributed by atoms with Crippen LogP contribution in [0.25, 0.3) is 0 Å². The predicted molar refractivity (Wildman–Crippen MR) is 101 cm³/mol. The molecule has 0 unspecified atom stereocenters. The molecule has 28 heavy (non-hydrogen) atoms. The molecule has 0 saturated carbocycles. The molecule has 2 rings (SSSR count). The molecule has 0 aliphatic carbocycles. The summed E-state index contributed by atoms with van der Waals surface area (Å²) in [4.78, 5) is 11.9. The van der Waals surface area contributed by atoms with Gasteiger partial charge in [0.2, 0.25) is 20.0 Å². The second-order valence-corrected chi connectivity index (χ2v) is 9.30. The Morgan fingerprint density at radius 1 is 0.857 bits per heavy atom. The number of carbonyl (C=O) groups excluding carboxylic acids is 1. The molecular weight excluding hydrogens is 406 g/mol. The summed E-state index contributed by atoms with van der Waals surface area (Å²) in [5.41, 5.74) is 1.42. The van der Waals surface area contributed by atoms with Gasteiger partial charge in [-0.3, -0.25) is 10.0 Å². The van der Waals surface area contributed by atoms with Crippen LogP contribution in [0.5, 0.6) is 0 Å². The molecule has 0 fully saturated rings. The monoisotopic (exact) mass is 427 g/mol. The van der Waals surface area contributed by atoms with Crippen molar-refractivity contribution in [1.29, 1.82) is 0 Å². The van der Waals surface area contributed by atoms with Crippen LogP contribution in [0, 0.1) is 0 Å². The van der Waals surface area contributed by atoms with Gasteiger partial charge in [-0.05, 0) is 37.1 Å². The highest BCUT2D eigenvalue weighted by molar-refractivity contribution is 7.89. The van der Waals surface area contributed by atoms with Gasteiger partial charge in [-0.1, -0.05) is 36.4 Å². The van der Waals surface area contributed by atoms with E-state index in [2.05, 4.69) is 9.44 Å². The summed E-state index contributed by atoms with van der Waals surface area (Å²) >= 11 is 0.